The fraction of sp³-hybridized carbons (Fsp3) is 0.381. The minimum Gasteiger partial charge on any atom is -0.393 e. The van der Waals surface area contributed by atoms with Gasteiger partial charge in [-0.25, -0.2) is 27.8 Å². The van der Waals surface area contributed by atoms with Crippen LogP contribution < -0.4 is 10.5 Å². The van der Waals surface area contributed by atoms with E-state index in [1.807, 2.05) is 13.8 Å². The SMILES string of the molecule is Cc1cnn(-c2nc(-c3cc(S(=O)(=O)NC4CCC(O)CC4)ccc3C)cnc2N)c1. The van der Waals surface area contributed by atoms with Crippen LogP contribution >= 0.6 is 0 Å². The first-order valence-electron chi connectivity index (χ1n) is 10.2. The molecular weight excluding hydrogens is 416 g/mol. The number of rotatable bonds is 5. The number of aromatic nitrogens is 4. The summed E-state index contributed by atoms with van der Waals surface area (Å²) in [5, 5.41) is 13.9. The van der Waals surface area contributed by atoms with Gasteiger partial charge in [0.15, 0.2) is 11.6 Å². The zero-order chi connectivity index (χ0) is 22.2. The first-order chi connectivity index (χ1) is 14.7. The number of anilines is 1. The summed E-state index contributed by atoms with van der Waals surface area (Å²) in [6, 6.07) is 4.77. The van der Waals surface area contributed by atoms with Gasteiger partial charge in [-0.05, 0) is 62.8 Å². The predicted octanol–water partition coefficient (Wildman–Crippen LogP) is 2.11. The molecule has 0 radical (unpaired) electrons. The number of hydrogen-bond acceptors (Lipinski definition) is 7. The summed E-state index contributed by atoms with van der Waals surface area (Å²) >= 11 is 0. The molecule has 9 nitrogen and oxygen atoms in total. The standard InChI is InChI=1S/C21H26N6O3S/c1-13-10-24-27(12-13)21-20(22)23-11-19(25-21)18-9-17(8-3-14(18)2)31(29,30)26-15-4-6-16(28)7-5-15/h3,8-12,15-16,26,28H,4-7H2,1-2H3,(H2,22,23). The molecule has 2 aromatic heterocycles. The van der Waals surface area contributed by atoms with Crippen LogP contribution in [0.15, 0.2) is 41.7 Å². The second-order valence-corrected chi connectivity index (χ2v) is 9.74. The molecule has 164 valence electrons. The fourth-order valence-electron chi connectivity index (χ4n) is 3.74. The van der Waals surface area contributed by atoms with Crippen molar-refractivity contribution in [1.82, 2.24) is 24.5 Å². The first-order valence-corrected chi connectivity index (χ1v) is 11.7. The van der Waals surface area contributed by atoms with Gasteiger partial charge in [-0.3, -0.25) is 0 Å². The lowest BCUT2D eigenvalue weighted by atomic mass is 9.94. The van der Waals surface area contributed by atoms with Crippen LogP contribution in [0.25, 0.3) is 17.1 Å². The molecule has 0 atom stereocenters. The van der Waals surface area contributed by atoms with Crippen molar-refractivity contribution in [2.45, 2.75) is 56.6 Å². The molecule has 0 aliphatic heterocycles. The van der Waals surface area contributed by atoms with Crippen LogP contribution in [-0.2, 0) is 10.0 Å². The van der Waals surface area contributed by atoms with E-state index in [0.29, 0.717) is 42.8 Å². The second kappa shape index (κ2) is 8.37. The van der Waals surface area contributed by atoms with Crippen molar-refractivity contribution in [1.29, 1.82) is 0 Å². The molecule has 1 aliphatic carbocycles. The van der Waals surface area contributed by atoms with Gasteiger partial charge < -0.3 is 10.8 Å². The zero-order valence-electron chi connectivity index (χ0n) is 17.5. The van der Waals surface area contributed by atoms with Crippen molar-refractivity contribution in [2.24, 2.45) is 0 Å². The van der Waals surface area contributed by atoms with Crippen molar-refractivity contribution in [2.75, 3.05) is 5.73 Å². The van der Waals surface area contributed by atoms with Gasteiger partial charge in [0.25, 0.3) is 0 Å². The van der Waals surface area contributed by atoms with Crippen molar-refractivity contribution >= 4 is 15.8 Å². The maximum Gasteiger partial charge on any atom is 0.240 e. The van der Waals surface area contributed by atoms with Gasteiger partial charge in [-0.1, -0.05) is 6.07 Å². The zero-order valence-corrected chi connectivity index (χ0v) is 18.3. The van der Waals surface area contributed by atoms with E-state index in [4.69, 9.17) is 5.73 Å². The predicted molar refractivity (Wildman–Crippen MR) is 117 cm³/mol. The average molecular weight is 443 g/mol. The lowest BCUT2D eigenvalue weighted by Crippen LogP contribution is -2.38. The maximum atomic E-state index is 13.0. The lowest BCUT2D eigenvalue weighted by Gasteiger charge is -2.26. The number of aliphatic hydroxyl groups excluding tert-OH is 1. The van der Waals surface area contributed by atoms with Crippen LogP contribution in [0.4, 0.5) is 5.82 Å². The number of aliphatic hydroxyl groups is 1. The Bertz CT molecular complexity index is 1200. The van der Waals surface area contributed by atoms with E-state index in [1.54, 1.807) is 35.3 Å². The maximum absolute atomic E-state index is 13.0. The van der Waals surface area contributed by atoms with Crippen LogP contribution in [-0.4, -0.2) is 45.4 Å². The van der Waals surface area contributed by atoms with Crippen LogP contribution in [0.2, 0.25) is 0 Å². The molecule has 2 heterocycles. The van der Waals surface area contributed by atoms with Crippen molar-refractivity contribution in [3.8, 4) is 17.1 Å². The number of nitrogens with zero attached hydrogens (tertiary/aromatic N) is 4. The third-order valence-electron chi connectivity index (χ3n) is 5.52. The second-order valence-electron chi connectivity index (χ2n) is 8.03. The number of nitrogens with one attached hydrogen (secondary N) is 1. The largest absolute Gasteiger partial charge is 0.393 e. The topological polar surface area (TPSA) is 136 Å². The highest BCUT2D eigenvalue weighted by Crippen LogP contribution is 2.27. The molecular formula is C21H26N6O3S. The number of sulfonamides is 1. The van der Waals surface area contributed by atoms with E-state index < -0.39 is 10.0 Å². The van der Waals surface area contributed by atoms with Crippen LogP contribution in [0.1, 0.15) is 36.8 Å². The first kappa shape index (κ1) is 21.4. The molecule has 0 spiro atoms. The molecule has 1 saturated carbocycles. The van der Waals surface area contributed by atoms with Crippen LogP contribution in [0, 0.1) is 13.8 Å². The fourth-order valence-corrected chi connectivity index (χ4v) is 5.07. The molecule has 10 heteroatoms. The third-order valence-corrected chi connectivity index (χ3v) is 7.04. The van der Waals surface area contributed by atoms with Crippen molar-refractivity contribution in [3.05, 3.63) is 47.9 Å². The van der Waals surface area contributed by atoms with E-state index in [2.05, 4.69) is 19.8 Å². The molecule has 1 fully saturated rings. The highest BCUT2D eigenvalue weighted by atomic mass is 32.2. The summed E-state index contributed by atoms with van der Waals surface area (Å²) in [6.45, 7) is 3.80. The van der Waals surface area contributed by atoms with E-state index in [1.165, 1.54) is 6.20 Å². The summed E-state index contributed by atoms with van der Waals surface area (Å²) in [6.07, 6.45) is 7.12. The lowest BCUT2D eigenvalue weighted by molar-refractivity contribution is 0.120. The summed E-state index contributed by atoms with van der Waals surface area (Å²) in [4.78, 5) is 9.01. The Kier molecular flexibility index (Phi) is 5.78. The van der Waals surface area contributed by atoms with Gasteiger partial charge in [-0.2, -0.15) is 5.10 Å². The normalized spacial score (nSPS) is 19.5. The number of hydrogen-bond donors (Lipinski definition) is 3. The molecule has 4 rings (SSSR count). The number of aryl methyl sites for hydroxylation is 2. The molecule has 0 amide bonds. The summed E-state index contributed by atoms with van der Waals surface area (Å²) in [5.74, 6) is 0.617. The molecule has 3 aromatic rings. The Hall–Kier alpha value is -2.82. The van der Waals surface area contributed by atoms with Crippen molar-refractivity contribution < 1.29 is 13.5 Å². The number of nitrogen functional groups attached to an aromatic ring is 1. The molecule has 1 aliphatic rings. The van der Waals surface area contributed by atoms with Crippen LogP contribution in [0.3, 0.4) is 0 Å². The van der Waals surface area contributed by atoms with E-state index in [-0.39, 0.29) is 22.9 Å². The summed E-state index contributed by atoms with van der Waals surface area (Å²) in [5.41, 5.74) is 8.98. The van der Waals surface area contributed by atoms with Crippen LogP contribution in [0.5, 0.6) is 0 Å². The van der Waals surface area contributed by atoms with E-state index in [9.17, 15) is 13.5 Å². The third kappa shape index (κ3) is 4.60. The molecule has 0 unspecified atom stereocenters. The Morgan fingerprint density at radius 3 is 2.58 bits per heavy atom. The average Bonchev–Trinajstić information content (AvgIpc) is 3.16. The highest BCUT2D eigenvalue weighted by Gasteiger charge is 2.25. The quantitative estimate of drug-likeness (QED) is 0.550. The van der Waals surface area contributed by atoms with E-state index >= 15 is 0 Å². The Balaban J connectivity index is 1.67. The molecule has 0 bridgehead atoms. The summed E-state index contributed by atoms with van der Waals surface area (Å²) in [7, 11) is -3.71. The van der Waals surface area contributed by atoms with Gasteiger partial charge in [0.1, 0.15) is 0 Å². The minimum absolute atomic E-state index is 0.161. The van der Waals surface area contributed by atoms with Gasteiger partial charge in [-0.15, -0.1) is 0 Å². The Morgan fingerprint density at radius 1 is 1.16 bits per heavy atom. The smallest absolute Gasteiger partial charge is 0.240 e. The number of benzene rings is 1. The Labute approximate surface area is 181 Å². The minimum atomic E-state index is -3.71. The number of nitrogens with two attached hydrogens (primary N) is 1. The molecule has 0 saturated heterocycles. The van der Waals surface area contributed by atoms with Gasteiger partial charge in [0.2, 0.25) is 10.0 Å². The molecule has 31 heavy (non-hydrogen) atoms. The summed E-state index contributed by atoms with van der Waals surface area (Å²) < 4.78 is 30.3. The molecule has 1 aromatic carbocycles. The monoisotopic (exact) mass is 442 g/mol. The van der Waals surface area contributed by atoms with E-state index in [0.717, 1.165) is 11.1 Å². The highest BCUT2D eigenvalue weighted by molar-refractivity contribution is 7.89. The van der Waals surface area contributed by atoms with Crippen molar-refractivity contribution in [3.63, 3.8) is 0 Å². The van der Waals surface area contributed by atoms with Gasteiger partial charge in [0.05, 0.1) is 29.1 Å². The van der Waals surface area contributed by atoms with Gasteiger partial charge >= 0.3 is 0 Å². The van der Waals surface area contributed by atoms with Gasteiger partial charge in [0, 0.05) is 17.8 Å². The Morgan fingerprint density at radius 2 is 1.90 bits per heavy atom. The molecule has 4 N–H and O–H groups in total.